The summed E-state index contributed by atoms with van der Waals surface area (Å²) >= 11 is 0. The molecule has 4 aromatic rings. The van der Waals surface area contributed by atoms with Gasteiger partial charge in [0.05, 0.1) is 34.4 Å². The second-order valence-corrected chi connectivity index (χ2v) is 10.9. The first-order valence-corrected chi connectivity index (χ1v) is 12.9. The Kier molecular flexibility index (Phi) is 6.60. The van der Waals surface area contributed by atoms with Crippen molar-refractivity contribution in [2.45, 2.75) is 51.9 Å². The summed E-state index contributed by atoms with van der Waals surface area (Å²) in [5.41, 5.74) is 10.6. The summed E-state index contributed by atoms with van der Waals surface area (Å²) in [6.07, 6.45) is 5.52. The topological polar surface area (TPSA) is 136 Å². The van der Waals surface area contributed by atoms with Gasteiger partial charge in [-0.25, -0.2) is 15.0 Å². The van der Waals surface area contributed by atoms with Crippen LogP contribution in [0.4, 0.5) is 11.6 Å². The number of amides is 1. The third-order valence-corrected chi connectivity index (χ3v) is 7.30. The first-order chi connectivity index (χ1) is 18.1. The number of carbonyl (C=O) groups is 2. The Morgan fingerprint density at radius 1 is 1.03 bits per heavy atom. The molecule has 196 valence electrons. The van der Waals surface area contributed by atoms with E-state index in [1.807, 2.05) is 28.8 Å². The van der Waals surface area contributed by atoms with Crippen molar-refractivity contribution in [3.8, 4) is 17.1 Å². The van der Waals surface area contributed by atoms with E-state index < -0.39 is 5.97 Å². The predicted octanol–water partition coefficient (Wildman–Crippen LogP) is 5.19. The van der Waals surface area contributed by atoms with Crippen molar-refractivity contribution in [3.05, 3.63) is 60.4 Å². The number of carbonyl (C=O) groups excluding carboxylic acids is 1. The minimum Gasteiger partial charge on any atom is -0.481 e. The lowest BCUT2D eigenvalue weighted by Gasteiger charge is -2.25. The lowest BCUT2D eigenvalue weighted by Crippen LogP contribution is -2.29. The Balaban J connectivity index is 1.48. The van der Waals surface area contributed by atoms with Gasteiger partial charge in [-0.05, 0) is 73.1 Å². The summed E-state index contributed by atoms with van der Waals surface area (Å²) in [4.78, 5) is 37.7. The second-order valence-electron chi connectivity index (χ2n) is 10.9. The molecule has 3 heterocycles. The summed E-state index contributed by atoms with van der Waals surface area (Å²) in [5, 5.41) is 12.1. The van der Waals surface area contributed by atoms with Gasteiger partial charge in [0.2, 0.25) is 5.91 Å². The Morgan fingerprint density at radius 3 is 2.39 bits per heavy atom. The first kappa shape index (κ1) is 25.4. The molecule has 1 amide bonds. The molecule has 1 fully saturated rings. The maximum absolute atomic E-state index is 12.8. The van der Waals surface area contributed by atoms with Crippen molar-refractivity contribution >= 4 is 34.5 Å². The summed E-state index contributed by atoms with van der Waals surface area (Å²) in [5.74, 6) is 0.0151. The highest BCUT2D eigenvalue weighted by molar-refractivity contribution is 5.92. The summed E-state index contributed by atoms with van der Waals surface area (Å²) < 4.78 is 2.02. The third-order valence-electron chi connectivity index (χ3n) is 7.30. The molecule has 38 heavy (non-hydrogen) atoms. The molecule has 9 heteroatoms. The smallest absolute Gasteiger partial charge is 0.306 e. The molecule has 1 aliphatic rings. The maximum atomic E-state index is 12.8. The highest BCUT2D eigenvalue weighted by atomic mass is 16.4. The highest BCUT2D eigenvalue weighted by Crippen LogP contribution is 2.34. The largest absolute Gasteiger partial charge is 0.481 e. The van der Waals surface area contributed by atoms with E-state index in [0.29, 0.717) is 43.1 Å². The Bertz CT molecular complexity index is 1500. The van der Waals surface area contributed by atoms with Crippen molar-refractivity contribution in [3.63, 3.8) is 0 Å². The van der Waals surface area contributed by atoms with Crippen LogP contribution in [-0.2, 0) is 15.0 Å². The molecule has 1 aliphatic carbocycles. The summed E-state index contributed by atoms with van der Waals surface area (Å²) in [6, 6.07) is 13.6. The van der Waals surface area contributed by atoms with Gasteiger partial charge in [0, 0.05) is 12.1 Å². The molecule has 0 spiro atoms. The number of pyridine rings is 2. The maximum Gasteiger partial charge on any atom is 0.306 e. The number of hydrogen-bond donors (Lipinski definition) is 3. The van der Waals surface area contributed by atoms with E-state index in [1.54, 1.807) is 18.5 Å². The normalized spacial score (nSPS) is 17.9. The van der Waals surface area contributed by atoms with E-state index in [0.717, 1.165) is 22.3 Å². The number of benzene rings is 1. The molecule has 0 unspecified atom stereocenters. The zero-order chi connectivity index (χ0) is 27.0. The molecule has 3 aromatic heterocycles. The number of nitrogens with zero attached hydrogens (tertiary/aromatic N) is 4. The summed E-state index contributed by atoms with van der Waals surface area (Å²) in [6.45, 7) is 6.51. The predicted molar refractivity (Wildman–Crippen MR) is 147 cm³/mol. The van der Waals surface area contributed by atoms with E-state index in [9.17, 15) is 14.7 Å². The number of aliphatic carboxylic acids is 1. The van der Waals surface area contributed by atoms with Crippen molar-refractivity contribution < 1.29 is 14.7 Å². The first-order valence-electron chi connectivity index (χ1n) is 12.9. The third kappa shape index (κ3) is 4.96. The lowest BCUT2D eigenvalue weighted by atomic mass is 9.81. The number of nitrogens with one attached hydrogen (secondary N) is 1. The molecule has 5 rings (SSSR count). The van der Waals surface area contributed by atoms with Gasteiger partial charge in [-0.1, -0.05) is 26.8 Å². The molecular formula is C29H32N6O3. The SMILES string of the molecule is CC(C)(C)c1ccc2nc(-c3cccnc3N)n(-c3ccc(NC(=O)C4CCC(C(=O)O)CC4)nc3)c2c1. The molecule has 0 bridgehead atoms. The minimum absolute atomic E-state index is 0.0488. The molecule has 0 saturated heterocycles. The number of carboxylic acid groups (broad SMARTS) is 1. The summed E-state index contributed by atoms with van der Waals surface area (Å²) in [7, 11) is 0. The zero-order valence-corrected chi connectivity index (χ0v) is 21.8. The average molecular weight is 513 g/mol. The van der Waals surface area contributed by atoms with Gasteiger partial charge >= 0.3 is 5.97 Å². The van der Waals surface area contributed by atoms with E-state index in [2.05, 4.69) is 48.2 Å². The van der Waals surface area contributed by atoms with Gasteiger partial charge in [-0.2, -0.15) is 0 Å². The standard InChI is InChI=1S/C29H32N6O3/c1-29(2,3)19-10-12-22-23(15-19)35(26(33-22)21-5-4-14-31-25(21)30)20-11-13-24(32-16-20)34-27(36)17-6-8-18(9-7-17)28(37)38/h4-5,10-18H,6-9H2,1-3H3,(H2,30,31)(H,37,38)(H,32,34,36). The van der Waals surface area contributed by atoms with Gasteiger partial charge in [0.15, 0.2) is 0 Å². The van der Waals surface area contributed by atoms with Gasteiger partial charge in [-0.3, -0.25) is 14.2 Å². The van der Waals surface area contributed by atoms with Crippen LogP contribution >= 0.6 is 0 Å². The number of nitrogens with two attached hydrogens (primary N) is 1. The van der Waals surface area contributed by atoms with Gasteiger partial charge in [0.25, 0.3) is 0 Å². The molecule has 0 radical (unpaired) electrons. The number of anilines is 2. The van der Waals surface area contributed by atoms with E-state index in [-0.39, 0.29) is 23.2 Å². The lowest BCUT2D eigenvalue weighted by molar-refractivity contribution is -0.143. The molecular weight excluding hydrogens is 480 g/mol. The van der Waals surface area contributed by atoms with Crippen molar-refractivity contribution in [2.24, 2.45) is 11.8 Å². The average Bonchev–Trinajstić information content (AvgIpc) is 3.27. The number of carboxylic acids is 1. The fourth-order valence-electron chi connectivity index (χ4n) is 5.01. The second kappa shape index (κ2) is 9.89. The number of imidazole rings is 1. The van der Waals surface area contributed by atoms with Crippen LogP contribution in [-0.4, -0.2) is 36.5 Å². The van der Waals surface area contributed by atoms with Crippen molar-refractivity contribution in [1.29, 1.82) is 0 Å². The van der Waals surface area contributed by atoms with Crippen molar-refractivity contribution in [2.75, 3.05) is 11.1 Å². The van der Waals surface area contributed by atoms with E-state index >= 15 is 0 Å². The van der Waals surface area contributed by atoms with Crippen LogP contribution in [0.3, 0.4) is 0 Å². The van der Waals surface area contributed by atoms with Crippen molar-refractivity contribution in [1.82, 2.24) is 19.5 Å². The molecule has 1 aromatic carbocycles. The Hall–Kier alpha value is -4.27. The number of rotatable bonds is 5. The number of aromatic nitrogens is 4. The van der Waals surface area contributed by atoms with Crippen LogP contribution in [0.15, 0.2) is 54.9 Å². The number of nitrogen functional groups attached to an aromatic ring is 1. The quantitative estimate of drug-likeness (QED) is 0.335. The molecule has 4 N–H and O–H groups in total. The van der Waals surface area contributed by atoms with E-state index in [4.69, 9.17) is 10.7 Å². The minimum atomic E-state index is -0.782. The van der Waals surface area contributed by atoms with Gasteiger partial charge in [-0.15, -0.1) is 0 Å². The number of fused-ring (bicyclic) bond motifs is 1. The van der Waals surface area contributed by atoms with E-state index in [1.165, 1.54) is 5.56 Å². The zero-order valence-electron chi connectivity index (χ0n) is 21.8. The fourth-order valence-corrected chi connectivity index (χ4v) is 5.01. The molecule has 0 aliphatic heterocycles. The highest BCUT2D eigenvalue weighted by Gasteiger charge is 2.30. The monoisotopic (exact) mass is 512 g/mol. The van der Waals surface area contributed by atoms with Gasteiger partial charge < -0.3 is 16.2 Å². The van der Waals surface area contributed by atoms with Gasteiger partial charge in [0.1, 0.15) is 17.5 Å². The van der Waals surface area contributed by atoms with Crippen LogP contribution in [0, 0.1) is 11.8 Å². The van der Waals surface area contributed by atoms with Crippen LogP contribution in [0.1, 0.15) is 52.0 Å². The molecule has 0 atom stereocenters. The molecule has 9 nitrogen and oxygen atoms in total. The molecule has 1 saturated carbocycles. The van der Waals surface area contributed by atoms with Crippen LogP contribution in [0.25, 0.3) is 28.1 Å². The number of hydrogen-bond acceptors (Lipinski definition) is 6. The Labute approximate surface area is 221 Å². The Morgan fingerprint density at radius 2 is 1.76 bits per heavy atom. The fraction of sp³-hybridized carbons (Fsp3) is 0.345. The van der Waals surface area contributed by atoms with Crippen LogP contribution in [0.2, 0.25) is 0 Å². The van der Waals surface area contributed by atoms with Crippen LogP contribution < -0.4 is 11.1 Å². The van der Waals surface area contributed by atoms with Crippen LogP contribution in [0.5, 0.6) is 0 Å².